The number of thiocarbonyl (C=S) groups is 1. The van der Waals surface area contributed by atoms with Crippen molar-refractivity contribution in [2.24, 2.45) is 0 Å². The molecule has 1 aromatic rings. The van der Waals surface area contributed by atoms with Gasteiger partial charge in [-0.3, -0.25) is 9.69 Å². The molecule has 2 heterocycles. The fourth-order valence-electron chi connectivity index (χ4n) is 2.19. The topological polar surface area (TPSA) is 23.6 Å². The first kappa shape index (κ1) is 16.7. The number of hydrogen-bond donors (Lipinski definition) is 0. The predicted octanol–water partition coefficient (Wildman–Crippen LogP) is 3.68. The zero-order valence-corrected chi connectivity index (χ0v) is 14.8. The van der Waals surface area contributed by atoms with Gasteiger partial charge in [-0.1, -0.05) is 43.9 Å². The van der Waals surface area contributed by atoms with Crippen LogP contribution in [0, 0.1) is 0 Å². The first-order valence-corrected chi connectivity index (χ1v) is 9.27. The van der Waals surface area contributed by atoms with E-state index >= 15 is 0 Å². The summed E-state index contributed by atoms with van der Waals surface area (Å²) in [5.74, 6) is 0.0537. The van der Waals surface area contributed by atoms with Crippen molar-refractivity contribution >= 4 is 51.6 Å². The second kappa shape index (κ2) is 8.08. The zero-order valence-electron chi connectivity index (χ0n) is 12.4. The molecule has 0 unspecified atom stereocenters. The van der Waals surface area contributed by atoms with E-state index < -0.39 is 0 Å². The Morgan fingerprint density at radius 3 is 2.76 bits per heavy atom. The summed E-state index contributed by atoms with van der Waals surface area (Å²) in [6.07, 6.45) is 2.90. The standard InChI is InChI=1S/C15H20N2OS3/c1-3-16(4-2)8-6-9-17-14(18)13(21-15(17)19)11-12-7-5-10-20-12/h5,7,10-11H,3-4,6,8-9H2,1-2H3. The van der Waals surface area contributed by atoms with Crippen LogP contribution in [0.3, 0.4) is 0 Å². The van der Waals surface area contributed by atoms with Crippen LogP contribution in [0.1, 0.15) is 25.1 Å². The molecule has 3 nitrogen and oxygen atoms in total. The van der Waals surface area contributed by atoms with Gasteiger partial charge in [0.2, 0.25) is 0 Å². The minimum Gasteiger partial charge on any atom is -0.304 e. The maximum Gasteiger partial charge on any atom is 0.266 e. The average molecular weight is 341 g/mol. The summed E-state index contributed by atoms with van der Waals surface area (Å²) in [4.78, 5) is 18.3. The molecule has 1 amide bonds. The smallest absolute Gasteiger partial charge is 0.266 e. The maximum absolute atomic E-state index is 12.4. The summed E-state index contributed by atoms with van der Waals surface area (Å²) in [7, 11) is 0. The molecule has 21 heavy (non-hydrogen) atoms. The van der Waals surface area contributed by atoms with Gasteiger partial charge in [0.05, 0.1) is 4.91 Å². The monoisotopic (exact) mass is 340 g/mol. The van der Waals surface area contributed by atoms with E-state index in [1.165, 1.54) is 11.8 Å². The SMILES string of the molecule is CCN(CC)CCCN1C(=O)C(=Cc2cccs2)SC1=S. The van der Waals surface area contributed by atoms with Crippen molar-refractivity contribution in [3.05, 3.63) is 27.3 Å². The third-order valence-electron chi connectivity index (χ3n) is 3.44. The fraction of sp³-hybridized carbons (Fsp3) is 0.467. The summed E-state index contributed by atoms with van der Waals surface area (Å²) in [5.41, 5.74) is 0. The van der Waals surface area contributed by atoms with Gasteiger partial charge in [-0.2, -0.15) is 0 Å². The largest absolute Gasteiger partial charge is 0.304 e. The van der Waals surface area contributed by atoms with Gasteiger partial charge in [0.1, 0.15) is 4.32 Å². The van der Waals surface area contributed by atoms with Crippen LogP contribution in [-0.4, -0.2) is 46.2 Å². The Kier molecular flexibility index (Phi) is 6.41. The highest BCUT2D eigenvalue weighted by Crippen LogP contribution is 2.33. The highest BCUT2D eigenvalue weighted by Gasteiger charge is 2.31. The van der Waals surface area contributed by atoms with Gasteiger partial charge in [0.15, 0.2) is 0 Å². The molecule has 0 bridgehead atoms. The molecule has 2 rings (SSSR count). The number of thiophene rings is 1. The van der Waals surface area contributed by atoms with Crippen molar-refractivity contribution in [1.29, 1.82) is 0 Å². The maximum atomic E-state index is 12.4. The predicted molar refractivity (Wildman–Crippen MR) is 96.6 cm³/mol. The van der Waals surface area contributed by atoms with Crippen LogP contribution >= 0.6 is 35.3 Å². The zero-order chi connectivity index (χ0) is 15.2. The Hall–Kier alpha value is -0.690. The molecule has 0 saturated carbocycles. The van der Waals surface area contributed by atoms with Gasteiger partial charge in [-0.15, -0.1) is 11.3 Å². The average Bonchev–Trinajstić information content (AvgIpc) is 3.07. The molecule has 0 N–H and O–H groups in total. The first-order valence-electron chi connectivity index (χ1n) is 7.17. The minimum absolute atomic E-state index is 0.0537. The summed E-state index contributed by atoms with van der Waals surface area (Å²) < 4.78 is 0.683. The summed E-state index contributed by atoms with van der Waals surface area (Å²) in [5, 5.41) is 2.01. The molecular weight excluding hydrogens is 320 g/mol. The van der Waals surface area contributed by atoms with E-state index in [-0.39, 0.29) is 5.91 Å². The third-order valence-corrected chi connectivity index (χ3v) is 5.64. The van der Waals surface area contributed by atoms with Crippen molar-refractivity contribution in [3.8, 4) is 0 Å². The van der Waals surface area contributed by atoms with E-state index in [1.807, 2.05) is 23.6 Å². The summed E-state index contributed by atoms with van der Waals surface area (Å²) in [6.45, 7) is 8.14. The first-order chi connectivity index (χ1) is 10.2. The molecule has 0 atom stereocenters. The Morgan fingerprint density at radius 2 is 2.14 bits per heavy atom. The van der Waals surface area contributed by atoms with Gasteiger partial charge < -0.3 is 4.90 Å². The van der Waals surface area contributed by atoms with Crippen molar-refractivity contribution in [1.82, 2.24) is 9.80 Å². The number of carbonyl (C=O) groups excluding carboxylic acids is 1. The van der Waals surface area contributed by atoms with Gasteiger partial charge in [-0.25, -0.2) is 0 Å². The number of rotatable bonds is 7. The summed E-state index contributed by atoms with van der Waals surface area (Å²) in [6, 6.07) is 4.00. The lowest BCUT2D eigenvalue weighted by Gasteiger charge is -2.20. The van der Waals surface area contributed by atoms with Gasteiger partial charge in [0.25, 0.3) is 5.91 Å². The fourth-order valence-corrected chi connectivity index (χ4v) is 4.22. The van der Waals surface area contributed by atoms with Crippen LogP contribution in [-0.2, 0) is 4.79 Å². The molecule has 6 heteroatoms. The lowest BCUT2D eigenvalue weighted by atomic mass is 10.3. The highest BCUT2D eigenvalue weighted by molar-refractivity contribution is 8.26. The number of carbonyl (C=O) groups is 1. The minimum atomic E-state index is 0.0537. The van der Waals surface area contributed by atoms with E-state index in [2.05, 4.69) is 18.7 Å². The van der Waals surface area contributed by atoms with Gasteiger partial charge in [-0.05, 0) is 43.6 Å². The highest BCUT2D eigenvalue weighted by atomic mass is 32.2. The number of hydrogen-bond acceptors (Lipinski definition) is 5. The summed E-state index contributed by atoms with van der Waals surface area (Å²) >= 11 is 8.39. The van der Waals surface area contributed by atoms with Crippen LogP contribution in [0.4, 0.5) is 0 Å². The molecule has 1 aliphatic heterocycles. The molecule has 1 aromatic heterocycles. The van der Waals surface area contributed by atoms with Crippen molar-refractivity contribution in [3.63, 3.8) is 0 Å². The molecule has 0 radical (unpaired) electrons. The Balaban J connectivity index is 1.93. The van der Waals surface area contributed by atoms with Gasteiger partial charge in [0, 0.05) is 11.4 Å². The lowest BCUT2D eigenvalue weighted by Crippen LogP contribution is -2.32. The normalized spacial score (nSPS) is 17.5. The van der Waals surface area contributed by atoms with Crippen molar-refractivity contribution in [2.45, 2.75) is 20.3 Å². The second-order valence-electron chi connectivity index (χ2n) is 4.73. The molecular formula is C15H20N2OS3. The number of nitrogens with zero attached hydrogens (tertiary/aromatic N) is 2. The van der Waals surface area contributed by atoms with Crippen molar-refractivity contribution in [2.75, 3.05) is 26.2 Å². The Bertz CT molecular complexity index is 521. The molecule has 114 valence electrons. The lowest BCUT2D eigenvalue weighted by molar-refractivity contribution is -0.122. The van der Waals surface area contributed by atoms with Crippen LogP contribution in [0.25, 0.3) is 6.08 Å². The molecule has 0 spiro atoms. The molecule has 1 saturated heterocycles. The Labute approximate surface area is 140 Å². The van der Waals surface area contributed by atoms with Crippen molar-refractivity contribution < 1.29 is 4.79 Å². The van der Waals surface area contributed by atoms with Gasteiger partial charge >= 0.3 is 0 Å². The Morgan fingerprint density at radius 1 is 1.38 bits per heavy atom. The van der Waals surface area contributed by atoms with E-state index in [1.54, 1.807) is 16.2 Å². The third kappa shape index (κ3) is 4.39. The quantitative estimate of drug-likeness (QED) is 0.558. The van der Waals surface area contributed by atoms with Crippen LogP contribution < -0.4 is 0 Å². The molecule has 0 aliphatic carbocycles. The van der Waals surface area contributed by atoms with Crippen LogP contribution in [0.15, 0.2) is 22.4 Å². The van der Waals surface area contributed by atoms with Crippen LogP contribution in [0.5, 0.6) is 0 Å². The van der Waals surface area contributed by atoms with E-state index in [0.717, 1.165) is 35.8 Å². The molecule has 0 aromatic carbocycles. The molecule has 1 aliphatic rings. The second-order valence-corrected chi connectivity index (χ2v) is 7.38. The van der Waals surface area contributed by atoms with Crippen LogP contribution in [0.2, 0.25) is 0 Å². The molecule has 1 fully saturated rings. The van der Waals surface area contributed by atoms with E-state index in [4.69, 9.17) is 12.2 Å². The van der Waals surface area contributed by atoms with E-state index in [9.17, 15) is 4.79 Å². The van der Waals surface area contributed by atoms with E-state index in [0.29, 0.717) is 10.9 Å². The number of amides is 1. The number of thioether (sulfide) groups is 1.